The second-order valence-electron chi connectivity index (χ2n) is 23.1. The molecule has 0 fully saturated rings. The van der Waals surface area contributed by atoms with Gasteiger partial charge in [0.25, 0.3) is 0 Å². The Bertz CT molecular complexity index is 1150. The molecule has 0 saturated heterocycles. The van der Waals surface area contributed by atoms with Gasteiger partial charge in [-0.25, -0.2) is 0 Å². The Morgan fingerprint density at radius 1 is 0.257 bits per heavy atom. The third kappa shape index (κ3) is 61.0. The van der Waals surface area contributed by atoms with Crippen LogP contribution < -0.4 is 0 Å². The van der Waals surface area contributed by atoms with Crippen molar-refractivity contribution in [2.75, 3.05) is 13.2 Å². The summed E-state index contributed by atoms with van der Waals surface area (Å²) in [4.78, 5) is 38.0. The Morgan fingerprint density at radius 2 is 0.446 bits per heavy atom. The topological polar surface area (TPSA) is 78.9 Å². The molecule has 1 atom stereocenters. The van der Waals surface area contributed by atoms with Gasteiger partial charge in [0.2, 0.25) is 0 Å². The van der Waals surface area contributed by atoms with Crippen LogP contribution in [0.1, 0.15) is 387 Å². The maximum atomic E-state index is 12.8. The Labute approximate surface area is 462 Å². The van der Waals surface area contributed by atoms with E-state index in [1.807, 2.05) is 0 Å². The highest BCUT2D eigenvalue weighted by molar-refractivity contribution is 5.71. The predicted octanol–water partition coefficient (Wildman–Crippen LogP) is 22.8. The van der Waals surface area contributed by atoms with Gasteiger partial charge in [-0.15, -0.1) is 0 Å². The van der Waals surface area contributed by atoms with Crippen molar-refractivity contribution in [2.24, 2.45) is 0 Å². The van der Waals surface area contributed by atoms with E-state index in [0.29, 0.717) is 19.3 Å². The number of allylic oxidation sites excluding steroid dienone is 2. The summed E-state index contributed by atoms with van der Waals surface area (Å²) in [5.41, 5.74) is 0. The Hall–Kier alpha value is -1.85. The molecule has 0 aliphatic heterocycles. The molecule has 0 aliphatic rings. The average Bonchev–Trinajstić information content (AvgIpc) is 3.40. The van der Waals surface area contributed by atoms with Crippen molar-refractivity contribution in [3.63, 3.8) is 0 Å². The second kappa shape index (κ2) is 63.7. The Morgan fingerprint density at radius 3 is 0.703 bits per heavy atom. The van der Waals surface area contributed by atoms with Gasteiger partial charge in [0, 0.05) is 19.3 Å². The van der Waals surface area contributed by atoms with Gasteiger partial charge in [-0.05, 0) is 44.9 Å². The van der Waals surface area contributed by atoms with Crippen LogP contribution in [0.4, 0.5) is 0 Å². The molecule has 74 heavy (non-hydrogen) atoms. The van der Waals surface area contributed by atoms with Crippen molar-refractivity contribution >= 4 is 17.9 Å². The van der Waals surface area contributed by atoms with Crippen LogP contribution in [0.25, 0.3) is 0 Å². The van der Waals surface area contributed by atoms with Gasteiger partial charge >= 0.3 is 17.9 Å². The zero-order chi connectivity index (χ0) is 53.6. The zero-order valence-corrected chi connectivity index (χ0v) is 50.4. The van der Waals surface area contributed by atoms with E-state index < -0.39 is 6.10 Å². The largest absolute Gasteiger partial charge is 0.462 e. The molecular weight excluding hydrogens is 913 g/mol. The molecule has 0 aromatic carbocycles. The summed E-state index contributed by atoms with van der Waals surface area (Å²) in [6, 6.07) is 0. The van der Waals surface area contributed by atoms with E-state index in [9.17, 15) is 14.4 Å². The van der Waals surface area contributed by atoms with E-state index in [0.717, 1.165) is 64.2 Å². The molecule has 0 bridgehead atoms. The first kappa shape index (κ1) is 72.2. The number of rotatable bonds is 63. The van der Waals surface area contributed by atoms with Crippen molar-refractivity contribution in [3.05, 3.63) is 12.2 Å². The molecule has 0 spiro atoms. The summed E-state index contributed by atoms with van der Waals surface area (Å²) < 4.78 is 16.8. The highest BCUT2D eigenvalue weighted by atomic mass is 16.6. The number of unbranched alkanes of at least 4 members (excludes halogenated alkanes) is 50. The number of esters is 3. The maximum Gasteiger partial charge on any atom is 0.306 e. The summed E-state index contributed by atoms with van der Waals surface area (Å²) >= 11 is 0. The van der Waals surface area contributed by atoms with Gasteiger partial charge in [0.1, 0.15) is 13.2 Å². The monoisotopic (exact) mass is 1040 g/mol. The highest BCUT2D eigenvalue weighted by Crippen LogP contribution is 2.19. The van der Waals surface area contributed by atoms with Crippen molar-refractivity contribution in [2.45, 2.75) is 393 Å². The normalized spacial score (nSPS) is 12.0. The van der Waals surface area contributed by atoms with Crippen LogP contribution >= 0.6 is 0 Å². The first-order chi connectivity index (χ1) is 36.5. The van der Waals surface area contributed by atoms with Gasteiger partial charge < -0.3 is 14.2 Å². The molecule has 6 heteroatoms. The van der Waals surface area contributed by atoms with Crippen LogP contribution in [-0.4, -0.2) is 37.2 Å². The summed E-state index contributed by atoms with van der Waals surface area (Å²) in [7, 11) is 0. The molecular formula is C68H130O6. The van der Waals surface area contributed by atoms with E-state index in [1.54, 1.807) is 0 Å². The summed E-state index contributed by atoms with van der Waals surface area (Å²) in [5, 5.41) is 0. The lowest BCUT2D eigenvalue weighted by molar-refractivity contribution is -0.167. The van der Waals surface area contributed by atoms with Gasteiger partial charge in [0.05, 0.1) is 0 Å². The fourth-order valence-electron chi connectivity index (χ4n) is 10.4. The van der Waals surface area contributed by atoms with Gasteiger partial charge in [-0.2, -0.15) is 0 Å². The third-order valence-corrected chi connectivity index (χ3v) is 15.5. The van der Waals surface area contributed by atoms with E-state index in [2.05, 4.69) is 32.9 Å². The first-order valence-electron chi connectivity index (χ1n) is 33.7. The van der Waals surface area contributed by atoms with E-state index in [4.69, 9.17) is 14.2 Å². The van der Waals surface area contributed by atoms with Crippen LogP contribution in [0, 0.1) is 0 Å². The number of carbonyl (C=O) groups excluding carboxylic acids is 3. The third-order valence-electron chi connectivity index (χ3n) is 15.5. The lowest BCUT2D eigenvalue weighted by Crippen LogP contribution is -2.30. The minimum Gasteiger partial charge on any atom is -0.462 e. The van der Waals surface area contributed by atoms with Crippen molar-refractivity contribution in [1.82, 2.24) is 0 Å². The minimum absolute atomic E-state index is 0.0679. The predicted molar refractivity (Wildman–Crippen MR) is 321 cm³/mol. The number of ether oxygens (including phenoxy) is 3. The molecule has 6 nitrogen and oxygen atoms in total. The molecule has 0 amide bonds. The second-order valence-corrected chi connectivity index (χ2v) is 23.1. The van der Waals surface area contributed by atoms with Crippen molar-refractivity contribution in [3.8, 4) is 0 Å². The summed E-state index contributed by atoms with van der Waals surface area (Å²) in [6.45, 7) is 6.65. The lowest BCUT2D eigenvalue weighted by Gasteiger charge is -2.18. The maximum absolute atomic E-state index is 12.8. The number of hydrogen-bond donors (Lipinski definition) is 0. The minimum atomic E-state index is -0.768. The zero-order valence-electron chi connectivity index (χ0n) is 50.4. The highest BCUT2D eigenvalue weighted by Gasteiger charge is 2.19. The van der Waals surface area contributed by atoms with E-state index in [-0.39, 0.29) is 31.1 Å². The summed E-state index contributed by atoms with van der Waals surface area (Å²) in [5.74, 6) is -0.857. The molecule has 0 aromatic heterocycles. The quantitative estimate of drug-likeness (QED) is 0.0261. The fourth-order valence-corrected chi connectivity index (χ4v) is 10.4. The molecule has 0 saturated carbocycles. The van der Waals surface area contributed by atoms with Gasteiger partial charge in [0.15, 0.2) is 6.10 Å². The van der Waals surface area contributed by atoms with E-state index in [1.165, 1.54) is 283 Å². The van der Waals surface area contributed by atoms with Crippen LogP contribution in [-0.2, 0) is 28.6 Å². The van der Waals surface area contributed by atoms with Crippen molar-refractivity contribution in [1.29, 1.82) is 0 Å². The molecule has 0 rings (SSSR count). The van der Waals surface area contributed by atoms with Crippen molar-refractivity contribution < 1.29 is 28.6 Å². The number of hydrogen-bond acceptors (Lipinski definition) is 6. The molecule has 0 N–H and O–H groups in total. The van der Waals surface area contributed by atoms with Crippen LogP contribution in [0.2, 0.25) is 0 Å². The molecule has 0 aromatic rings. The van der Waals surface area contributed by atoms with Crippen LogP contribution in [0.15, 0.2) is 12.2 Å². The smallest absolute Gasteiger partial charge is 0.306 e. The van der Waals surface area contributed by atoms with Gasteiger partial charge in [-0.1, -0.05) is 335 Å². The Balaban J connectivity index is 3.89. The molecule has 0 heterocycles. The number of carbonyl (C=O) groups is 3. The van der Waals surface area contributed by atoms with E-state index >= 15 is 0 Å². The van der Waals surface area contributed by atoms with Crippen LogP contribution in [0.5, 0.6) is 0 Å². The van der Waals surface area contributed by atoms with Crippen LogP contribution in [0.3, 0.4) is 0 Å². The molecule has 438 valence electrons. The fraction of sp³-hybridized carbons (Fsp3) is 0.926. The van der Waals surface area contributed by atoms with Gasteiger partial charge in [-0.3, -0.25) is 14.4 Å². The molecule has 0 aliphatic carbocycles. The summed E-state index contributed by atoms with van der Waals surface area (Å²) in [6.07, 6.45) is 75.7. The molecule has 1 unspecified atom stereocenters. The standard InChI is InChI=1S/C68H130O6/c1-4-7-10-13-16-19-21-23-24-25-26-27-28-29-30-31-32-33-34-35-36-37-38-39-40-41-42-43-44-45-47-49-52-55-58-61-67(70)73-64-65(63-72-66(69)60-57-54-51-48-18-15-12-9-6-3)74-68(71)62-59-56-53-50-46-22-20-17-14-11-8-5-2/h17,20,65H,4-16,18-19,21-64H2,1-3H3/b20-17-. The first-order valence-corrected chi connectivity index (χ1v) is 33.7. The Kier molecular flexibility index (Phi) is 62.1. The average molecular weight is 1040 g/mol. The lowest BCUT2D eigenvalue weighted by atomic mass is 10.0. The SMILES string of the molecule is CCCCC/C=C\CCCCCCCC(=O)OC(COC(=O)CCCCCCCCCCC)COC(=O)CCCCCCCCCCCCCCCCCCCCCCCCCCCCCCCCCCCCC. The molecule has 0 radical (unpaired) electrons.